The van der Waals surface area contributed by atoms with E-state index in [9.17, 15) is 14.0 Å². The van der Waals surface area contributed by atoms with Gasteiger partial charge in [0.15, 0.2) is 0 Å². The second-order valence-corrected chi connectivity index (χ2v) is 5.59. The Labute approximate surface area is 138 Å². The number of hydrogen-bond donors (Lipinski definition) is 1. The number of carbonyl (C=O) groups is 1. The fraction of sp³-hybridized carbons (Fsp3) is 0.158. The standard InChI is InChI=1S/C19H17FN2O2/c1-3-22-11-15(18(23)14-10-13(20)8-9-17(14)22)19(24)21-16-7-5-4-6-12(16)2/h4-11H,3H2,1-2H3,(H,21,24). The first-order valence-electron chi connectivity index (χ1n) is 7.71. The molecule has 0 unspecified atom stereocenters. The van der Waals surface area contributed by atoms with Gasteiger partial charge in [-0.05, 0) is 43.7 Å². The molecule has 0 aliphatic heterocycles. The number of hydrogen-bond acceptors (Lipinski definition) is 2. The van der Waals surface area contributed by atoms with Gasteiger partial charge < -0.3 is 9.88 Å². The maximum Gasteiger partial charge on any atom is 0.261 e. The SMILES string of the molecule is CCn1cc(C(=O)Nc2ccccc2C)c(=O)c2cc(F)ccc21. The predicted molar refractivity (Wildman–Crippen MR) is 93.0 cm³/mol. The van der Waals surface area contributed by atoms with Gasteiger partial charge >= 0.3 is 0 Å². The average Bonchev–Trinajstić information content (AvgIpc) is 2.57. The van der Waals surface area contributed by atoms with Crippen molar-refractivity contribution in [3.8, 4) is 0 Å². The van der Waals surface area contributed by atoms with Gasteiger partial charge in [-0.2, -0.15) is 0 Å². The molecule has 0 atom stereocenters. The van der Waals surface area contributed by atoms with Crippen molar-refractivity contribution in [1.29, 1.82) is 0 Å². The number of nitrogens with one attached hydrogen (secondary N) is 1. The Kier molecular flexibility index (Phi) is 4.16. The first kappa shape index (κ1) is 15.9. The number of fused-ring (bicyclic) bond motifs is 1. The predicted octanol–water partition coefficient (Wildman–Crippen LogP) is 3.72. The highest BCUT2D eigenvalue weighted by molar-refractivity contribution is 6.06. The lowest BCUT2D eigenvalue weighted by Gasteiger charge is -2.12. The van der Waals surface area contributed by atoms with Crippen molar-refractivity contribution in [1.82, 2.24) is 4.57 Å². The summed E-state index contributed by atoms with van der Waals surface area (Å²) in [4.78, 5) is 25.2. The van der Waals surface area contributed by atoms with Crippen LogP contribution in [0.3, 0.4) is 0 Å². The van der Waals surface area contributed by atoms with Gasteiger partial charge in [-0.3, -0.25) is 9.59 Å². The van der Waals surface area contributed by atoms with E-state index in [0.717, 1.165) is 5.56 Å². The summed E-state index contributed by atoms with van der Waals surface area (Å²) in [7, 11) is 0. The number of rotatable bonds is 3. The highest BCUT2D eigenvalue weighted by Crippen LogP contribution is 2.17. The summed E-state index contributed by atoms with van der Waals surface area (Å²) in [5.74, 6) is -0.999. The monoisotopic (exact) mass is 324 g/mol. The van der Waals surface area contributed by atoms with Crippen LogP contribution in [0.15, 0.2) is 53.5 Å². The molecular weight excluding hydrogens is 307 g/mol. The molecule has 0 bridgehead atoms. The summed E-state index contributed by atoms with van der Waals surface area (Å²) in [5.41, 5.74) is 1.67. The Bertz CT molecular complexity index is 992. The lowest BCUT2D eigenvalue weighted by atomic mass is 10.1. The number of benzene rings is 2. The number of aromatic nitrogens is 1. The van der Waals surface area contributed by atoms with E-state index in [4.69, 9.17) is 0 Å². The van der Waals surface area contributed by atoms with Crippen LogP contribution < -0.4 is 10.7 Å². The van der Waals surface area contributed by atoms with E-state index in [2.05, 4.69) is 5.32 Å². The number of halogens is 1. The summed E-state index contributed by atoms with van der Waals surface area (Å²) in [6.07, 6.45) is 1.52. The molecule has 0 aliphatic carbocycles. The van der Waals surface area contributed by atoms with Crippen LogP contribution >= 0.6 is 0 Å². The smallest absolute Gasteiger partial charge is 0.261 e. The molecule has 0 saturated carbocycles. The van der Waals surface area contributed by atoms with Gasteiger partial charge in [0.1, 0.15) is 11.4 Å². The third-order valence-electron chi connectivity index (χ3n) is 4.02. The second kappa shape index (κ2) is 6.28. The maximum atomic E-state index is 13.5. The molecule has 4 nitrogen and oxygen atoms in total. The van der Waals surface area contributed by atoms with Crippen molar-refractivity contribution in [3.05, 3.63) is 75.8 Å². The number of anilines is 1. The summed E-state index contributed by atoms with van der Waals surface area (Å²) in [5, 5.41) is 2.95. The van der Waals surface area contributed by atoms with Gasteiger partial charge in [0.2, 0.25) is 5.43 Å². The maximum absolute atomic E-state index is 13.5. The number of aryl methyl sites for hydroxylation is 2. The van der Waals surface area contributed by atoms with E-state index < -0.39 is 17.2 Å². The minimum atomic E-state index is -0.501. The molecule has 0 fully saturated rings. The van der Waals surface area contributed by atoms with Gasteiger partial charge in [-0.15, -0.1) is 0 Å². The molecule has 0 spiro atoms. The Balaban J connectivity index is 2.12. The van der Waals surface area contributed by atoms with E-state index in [0.29, 0.717) is 17.7 Å². The molecule has 2 aromatic carbocycles. The Morgan fingerprint density at radius 1 is 1.21 bits per heavy atom. The first-order chi connectivity index (χ1) is 11.5. The van der Waals surface area contributed by atoms with Crippen LogP contribution in [0.2, 0.25) is 0 Å². The van der Waals surface area contributed by atoms with Gasteiger partial charge in [0, 0.05) is 23.8 Å². The zero-order chi connectivity index (χ0) is 17.3. The fourth-order valence-corrected chi connectivity index (χ4v) is 2.70. The van der Waals surface area contributed by atoms with Crippen molar-refractivity contribution in [2.45, 2.75) is 20.4 Å². The minimum Gasteiger partial charge on any atom is -0.347 e. The number of carbonyl (C=O) groups excluding carboxylic acids is 1. The summed E-state index contributed by atoms with van der Waals surface area (Å²) >= 11 is 0. The van der Waals surface area contributed by atoms with E-state index in [1.165, 1.54) is 18.3 Å². The molecule has 1 N–H and O–H groups in total. The molecule has 0 saturated heterocycles. The molecule has 0 radical (unpaired) electrons. The Hall–Kier alpha value is -2.95. The van der Waals surface area contributed by atoms with E-state index in [1.807, 2.05) is 32.0 Å². The van der Waals surface area contributed by atoms with Crippen LogP contribution in [0.25, 0.3) is 10.9 Å². The molecular formula is C19H17FN2O2. The zero-order valence-electron chi connectivity index (χ0n) is 13.5. The molecule has 3 aromatic rings. The van der Waals surface area contributed by atoms with E-state index >= 15 is 0 Å². The summed E-state index contributed by atoms with van der Waals surface area (Å²) in [6, 6.07) is 11.4. The topological polar surface area (TPSA) is 51.1 Å². The van der Waals surface area contributed by atoms with Gasteiger partial charge in [-0.1, -0.05) is 18.2 Å². The lowest BCUT2D eigenvalue weighted by molar-refractivity contribution is 0.102. The van der Waals surface area contributed by atoms with E-state index in [1.54, 1.807) is 16.7 Å². The molecule has 122 valence electrons. The largest absolute Gasteiger partial charge is 0.347 e. The van der Waals surface area contributed by atoms with Crippen molar-refractivity contribution in [2.75, 3.05) is 5.32 Å². The van der Waals surface area contributed by atoms with Gasteiger partial charge in [-0.25, -0.2) is 4.39 Å². The van der Waals surface area contributed by atoms with Crippen molar-refractivity contribution in [3.63, 3.8) is 0 Å². The number of pyridine rings is 1. The Morgan fingerprint density at radius 3 is 2.67 bits per heavy atom. The molecule has 5 heteroatoms. The van der Waals surface area contributed by atoms with Crippen LogP contribution in [-0.4, -0.2) is 10.5 Å². The molecule has 0 aliphatic rings. The fourth-order valence-electron chi connectivity index (χ4n) is 2.70. The molecule has 24 heavy (non-hydrogen) atoms. The summed E-state index contributed by atoms with van der Waals surface area (Å²) in [6.45, 7) is 4.33. The zero-order valence-corrected chi connectivity index (χ0v) is 13.5. The van der Waals surface area contributed by atoms with Gasteiger partial charge in [0.25, 0.3) is 5.91 Å². The van der Waals surface area contributed by atoms with Crippen LogP contribution in [0.4, 0.5) is 10.1 Å². The first-order valence-corrected chi connectivity index (χ1v) is 7.71. The number of para-hydroxylation sites is 1. The Morgan fingerprint density at radius 2 is 1.96 bits per heavy atom. The lowest BCUT2D eigenvalue weighted by Crippen LogP contribution is -2.24. The van der Waals surface area contributed by atoms with Crippen molar-refractivity contribution in [2.24, 2.45) is 0 Å². The third-order valence-corrected chi connectivity index (χ3v) is 4.02. The minimum absolute atomic E-state index is 0.00166. The second-order valence-electron chi connectivity index (χ2n) is 5.59. The quantitative estimate of drug-likeness (QED) is 0.798. The molecule has 3 rings (SSSR count). The highest BCUT2D eigenvalue weighted by Gasteiger charge is 2.16. The normalized spacial score (nSPS) is 10.8. The molecule has 1 heterocycles. The van der Waals surface area contributed by atoms with Crippen LogP contribution in [0, 0.1) is 12.7 Å². The van der Waals surface area contributed by atoms with Crippen LogP contribution in [-0.2, 0) is 6.54 Å². The average molecular weight is 324 g/mol. The number of amides is 1. The third kappa shape index (κ3) is 2.80. The van der Waals surface area contributed by atoms with E-state index in [-0.39, 0.29) is 10.9 Å². The van der Waals surface area contributed by atoms with Crippen LogP contribution in [0.5, 0.6) is 0 Å². The molecule has 1 amide bonds. The highest BCUT2D eigenvalue weighted by atomic mass is 19.1. The van der Waals surface area contributed by atoms with Gasteiger partial charge in [0.05, 0.1) is 5.52 Å². The number of nitrogens with zero attached hydrogens (tertiary/aromatic N) is 1. The molecule has 1 aromatic heterocycles. The van der Waals surface area contributed by atoms with Crippen LogP contribution in [0.1, 0.15) is 22.8 Å². The van der Waals surface area contributed by atoms with Crippen molar-refractivity contribution >= 4 is 22.5 Å². The summed E-state index contributed by atoms with van der Waals surface area (Å²) < 4.78 is 15.3. The van der Waals surface area contributed by atoms with Crippen molar-refractivity contribution < 1.29 is 9.18 Å².